The van der Waals surface area contributed by atoms with E-state index in [-0.39, 0.29) is 16.4 Å². The molecule has 132 valence electrons. The van der Waals surface area contributed by atoms with E-state index < -0.39 is 19.9 Å². The summed E-state index contributed by atoms with van der Waals surface area (Å²) < 4.78 is 52.0. The Labute approximate surface area is 143 Å². The number of rotatable bonds is 6. The molecule has 0 aliphatic carbocycles. The van der Waals surface area contributed by atoms with Gasteiger partial charge in [-0.1, -0.05) is 17.0 Å². The molecule has 0 bridgehead atoms. The number of nitrogens with one attached hydrogen (secondary N) is 1. The number of sulfonamides is 1. The Kier molecular flexibility index (Phi) is 4.56. The van der Waals surface area contributed by atoms with Crippen molar-refractivity contribution in [2.24, 2.45) is 0 Å². The molecule has 9 nitrogen and oxygen atoms in total. The van der Waals surface area contributed by atoms with Crippen molar-refractivity contribution in [2.75, 3.05) is 6.26 Å². The molecule has 3 aromatic rings. The van der Waals surface area contributed by atoms with Crippen LogP contribution in [0.2, 0.25) is 0 Å². The molecule has 25 heavy (non-hydrogen) atoms. The second-order valence-corrected chi connectivity index (χ2v) is 8.87. The van der Waals surface area contributed by atoms with Crippen molar-refractivity contribution in [3.63, 3.8) is 0 Å². The minimum absolute atomic E-state index is 0.0617. The molecule has 0 fully saturated rings. The van der Waals surface area contributed by atoms with Gasteiger partial charge in [-0.25, -0.2) is 21.5 Å². The summed E-state index contributed by atoms with van der Waals surface area (Å²) in [4.78, 5) is 6.67. The largest absolute Gasteiger partial charge is 0.282 e. The van der Waals surface area contributed by atoms with Crippen LogP contribution < -0.4 is 4.89 Å². The lowest BCUT2D eigenvalue weighted by molar-refractivity contribution is 0.0796. The topological polar surface area (TPSA) is 128 Å². The number of benzene rings is 2. The summed E-state index contributed by atoms with van der Waals surface area (Å²) >= 11 is 0. The molecule has 1 heterocycles. The monoisotopic (exact) mass is 383 g/mol. The minimum atomic E-state index is -4.03. The van der Waals surface area contributed by atoms with Crippen molar-refractivity contribution in [1.82, 2.24) is 15.2 Å². The van der Waals surface area contributed by atoms with E-state index in [4.69, 9.17) is 4.84 Å². The summed E-state index contributed by atoms with van der Waals surface area (Å²) in [6.45, 7) is -0.0617. The van der Waals surface area contributed by atoms with Crippen molar-refractivity contribution in [2.45, 2.75) is 16.4 Å². The zero-order valence-electron chi connectivity index (χ0n) is 12.9. The second-order valence-electron chi connectivity index (χ2n) is 5.21. The Bertz CT molecular complexity index is 1120. The Morgan fingerprint density at radius 3 is 2.48 bits per heavy atom. The number of nitrogens with zero attached hydrogens (tertiary/aromatic N) is 2. The molecule has 0 spiro atoms. The van der Waals surface area contributed by atoms with Gasteiger partial charge in [0.15, 0.2) is 9.84 Å². The zero-order chi connectivity index (χ0) is 18.1. The molecule has 1 aromatic heterocycles. The van der Waals surface area contributed by atoms with Crippen LogP contribution in [0.4, 0.5) is 0 Å². The number of aromatic nitrogens is 2. The first kappa shape index (κ1) is 17.5. The Hall–Kier alpha value is -2.34. The van der Waals surface area contributed by atoms with Gasteiger partial charge in [-0.05, 0) is 46.2 Å². The van der Waals surface area contributed by atoms with Gasteiger partial charge >= 0.3 is 0 Å². The maximum absolute atomic E-state index is 12.2. The third kappa shape index (κ3) is 4.02. The second kappa shape index (κ2) is 6.52. The van der Waals surface area contributed by atoms with Gasteiger partial charge in [-0.2, -0.15) is 0 Å². The molecule has 0 aliphatic rings. The highest BCUT2D eigenvalue weighted by Crippen LogP contribution is 2.16. The molecule has 0 atom stereocenters. The van der Waals surface area contributed by atoms with E-state index in [1.165, 1.54) is 18.2 Å². The highest BCUT2D eigenvalue weighted by molar-refractivity contribution is 7.91. The van der Waals surface area contributed by atoms with E-state index in [1.807, 2.05) is 4.89 Å². The van der Waals surface area contributed by atoms with Crippen molar-refractivity contribution < 1.29 is 26.3 Å². The molecule has 0 amide bonds. The third-order valence-electron chi connectivity index (χ3n) is 3.27. The summed E-state index contributed by atoms with van der Waals surface area (Å²) in [6.07, 6.45) is 0.998. The molecule has 0 radical (unpaired) electrons. The Balaban J connectivity index is 1.71. The van der Waals surface area contributed by atoms with Gasteiger partial charge in [0.2, 0.25) is 0 Å². The molecule has 0 aliphatic heterocycles. The first-order valence-corrected chi connectivity index (χ1v) is 10.3. The van der Waals surface area contributed by atoms with Gasteiger partial charge in [0.1, 0.15) is 11.0 Å². The highest BCUT2D eigenvalue weighted by atomic mass is 32.2. The molecule has 0 unspecified atom stereocenters. The van der Waals surface area contributed by atoms with Gasteiger partial charge in [-0.3, -0.25) is 4.84 Å². The van der Waals surface area contributed by atoms with Crippen molar-refractivity contribution >= 4 is 30.9 Å². The summed E-state index contributed by atoms with van der Waals surface area (Å²) in [5, 5.41) is 7.34. The molecule has 0 saturated heterocycles. The van der Waals surface area contributed by atoms with Gasteiger partial charge in [0.25, 0.3) is 10.0 Å². The van der Waals surface area contributed by atoms with Gasteiger partial charge in [0, 0.05) is 6.26 Å². The summed E-state index contributed by atoms with van der Waals surface area (Å²) in [6, 6.07) is 9.98. The number of sulfone groups is 1. The lowest BCUT2D eigenvalue weighted by atomic mass is 10.2. The quantitative estimate of drug-likeness (QED) is 0.625. The number of hydrogen-bond acceptors (Lipinski definition) is 8. The molecule has 3 rings (SSSR count). The van der Waals surface area contributed by atoms with Crippen LogP contribution in [0.1, 0.15) is 5.56 Å². The van der Waals surface area contributed by atoms with Crippen molar-refractivity contribution in [3.05, 3.63) is 48.0 Å². The lowest BCUT2D eigenvalue weighted by Crippen LogP contribution is -2.24. The average Bonchev–Trinajstić information content (AvgIpc) is 3.02. The summed E-state index contributed by atoms with van der Waals surface area (Å²) in [5.74, 6) is 0. The van der Waals surface area contributed by atoms with E-state index in [0.717, 1.165) is 12.3 Å². The SMILES string of the molecule is CS(=O)(=O)c1cccc(S(=O)(=O)NOCc2ccc3nonc3c2)c1. The molecular formula is C14H13N3O6S2. The standard InChI is InChI=1S/C14H13N3O6S2/c1-24(18,19)11-3-2-4-12(8-11)25(20,21)17-22-9-10-5-6-13-14(7-10)16-23-15-13/h2-8,17H,9H2,1H3. The van der Waals surface area contributed by atoms with Crippen LogP contribution in [0.3, 0.4) is 0 Å². The van der Waals surface area contributed by atoms with E-state index in [0.29, 0.717) is 16.6 Å². The number of fused-ring (bicyclic) bond motifs is 1. The fourth-order valence-electron chi connectivity index (χ4n) is 2.03. The van der Waals surface area contributed by atoms with Crippen LogP contribution in [0.5, 0.6) is 0 Å². The lowest BCUT2D eigenvalue weighted by Gasteiger charge is -2.08. The highest BCUT2D eigenvalue weighted by Gasteiger charge is 2.17. The van der Waals surface area contributed by atoms with Crippen LogP contribution in [-0.2, 0) is 31.3 Å². The van der Waals surface area contributed by atoms with Gasteiger partial charge in [-0.15, -0.1) is 0 Å². The van der Waals surface area contributed by atoms with E-state index in [1.54, 1.807) is 18.2 Å². The molecule has 0 saturated carbocycles. The smallest absolute Gasteiger partial charge is 0.262 e. The molecule has 11 heteroatoms. The zero-order valence-corrected chi connectivity index (χ0v) is 14.5. The van der Waals surface area contributed by atoms with Gasteiger partial charge < -0.3 is 0 Å². The predicted octanol–water partition coefficient (Wildman–Crippen LogP) is 1.04. The fourth-order valence-corrected chi connectivity index (χ4v) is 3.62. The van der Waals surface area contributed by atoms with E-state index >= 15 is 0 Å². The molecular weight excluding hydrogens is 370 g/mol. The minimum Gasteiger partial charge on any atom is -0.282 e. The first-order chi connectivity index (χ1) is 11.8. The maximum Gasteiger partial charge on any atom is 0.262 e. The van der Waals surface area contributed by atoms with Crippen molar-refractivity contribution in [3.8, 4) is 0 Å². The predicted molar refractivity (Wildman–Crippen MR) is 86.5 cm³/mol. The Morgan fingerprint density at radius 1 is 1.00 bits per heavy atom. The van der Waals surface area contributed by atoms with Gasteiger partial charge in [0.05, 0.1) is 16.4 Å². The van der Waals surface area contributed by atoms with E-state index in [2.05, 4.69) is 14.9 Å². The maximum atomic E-state index is 12.2. The van der Waals surface area contributed by atoms with Crippen molar-refractivity contribution in [1.29, 1.82) is 0 Å². The first-order valence-electron chi connectivity index (χ1n) is 6.91. The Morgan fingerprint density at radius 2 is 1.72 bits per heavy atom. The summed E-state index contributed by atoms with van der Waals surface area (Å²) in [7, 11) is -7.55. The van der Waals surface area contributed by atoms with Crippen LogP contribution in [0.25, 0.3) is 11.0 Å². The molecule has 1 N–H and O–H groups in total. The van der Waals surface area contributed by atoms with Crippen LogP contribution in [0, 0.1) is 0 Å². The molecule has 2 aromatic carbocycles. The van der Waals surface area contributed by atoms with Crippen LogP contribution >= 0.6 is 0 Å². The van der Waals surface area contributed by atoms with Crippen LogP contribution in [0.15, 0.2) is 56.9 Å². The van der Waals surface area contributed by atoms with Crippen LogP contribution in [-0.4, -0.2) is 33.4 Å². The third-order valence-corrected chi connectivity index (χ3v) is 5.59. The summed E-state index contributed by atoms with van der Waals surface area (Å²) in [5.41, 5.74) is 1.74. The fraction of sp³-hybridized carbons (Fsp3) is 0.143. The normalized spacial score (nSPS) is 12.5. The average molecular weight is 383 g/mol. The number of hydrogen-bond donors (Lipinski definition) is 1. The van der Waals surface area contributed by atoms with E-state index in [9.17, 15) is 16.8 Å².